The van der Waals surface area contributed by atoms with E-state index in [2.05, 4.69) is 9.97 Å². The number of hydrogen-bond donors (Lipinski definition) is 1. The smallest absolute Gasteiger partial charge is 0.338 e. The Morgan fingerprint density at radius 2 is 1.79 bits per heavy atom. The molecule has 0 spiro atoms. The van der Waals surface area contributed by atoms with Crippen molar-refractivity contribution in [3.05, 3.63) is 94.0 Å². The number of pyridine rings is 2. The first-order chi connectivity index (χ1) is 18.3. The number of nitrogens with zero attached hydrogens (tertiary/aromatic N) is 2. The van der Waals surface area contributed by atoms with Crippen molar-refractivity contribution in [2.45, 2.75) is 24.9 Å². The van der Waals surface area contributed by atoms with Crippen LogP contribution in [0.1, 0.15) is 28.4 Å². The number of carbonyl (C=O) groups is 1. The van der Waals surface area contributed by atoms with Gasteiger partial charge in [-0.15, -0.1) is 0 Å². The van der Waals surface area contributed by atoms with Crippen molar-refractivity contribution in [1.82, 2.24) is 14.3 Å². The zero-order valence-electron chi connectivity index (χ0n) is 20.5. The van der Waals surface area contributed by atoms with Crippen LogP contribution in [0.4, 0.5) is 0 Å². The Kier molecular flexibility index (Phi) is 7.12. The van der Waals surface area contributed by atoms with Crippen molar-refractivity contribution >= 4 is 26.9 Å². The number of aromatic amines is 1. The number of sulfonamides is 1. The molecule has 38 heavy (non-hydrogen) atoms. The molecule has 3 heterocycles. The van der Waals surface area contributed by atoms with Crippen molar-refractivity contribution in [2.24, 2.45) is 0 Å². The molecule has 2 aromatic carbocycles. The highest BCUT2D eigenvalue weighted by atomic mass is 32.2. The molecular weight excluding hydrogens is 510 g/mol. The number of hydrogen-bond acceptors (Lipinski definition) is 8. The van der Waals surface area contributed by atoms with E-state index in [1.165, 1.54) is 28.6 Å². The first-order valence-electron chi connectivity index (χ1n) is 12.0. The van der Waals surface area contributed by atoms with Gasteiger partial charge in [-0.25, -0.2) is 13.2 Å². The molecule has 1 N–H and O–H groups in total. The van der Waals surface area contributed by atoms with Gasteiger partial charge in [0.25, 0.3) is 5.56 Å². The maximum Gasteiger partial charge on any atom is 0.338 e. The fraction of sp³-hybridized carbons (Fsp3) is 0.222. The van der Waals surface area contributed by atoms with E-state index < -0.39 is 21.6 Å². The summed E-state index contributed by atoms with van der Waals surface area (Å²) in [6.07, 6.45) is 3.16. The minimum Gasteiger partial charge on any atom is -0.486 e. The molecule has 0 fully saturated rings. The Morgan fingerprint density at radius 3 is 2.47 bits per heavy atom. The Labute approximate surface area is 218 Å². The van der Waals surface area contributed by atoms with Crippen LogP contribution in [0.3, 0.4) is 0 Å². The fourth-order valence-electron chi connectivity index (χ4n) is 4.14. The second kappa shape index (κ2) is 10.6. The Bertz CT molecular complexity index is 1640. The van der Waals surface area contributed by atoms with Gasteiger partial charge in [-0.1, -0.05) is 6.07 Å². The lowest BCUT2D eigenvalue weighted by Crippen LogP contribution is -2.32. The van der Waals surface area contributed by atoms with E-state index in [0.29, 0.717) is 41.2 Å². The molecule has 11 heteroatoms. The zero-order chi connectivity index (χ0) is 26.7. The summed E-state index contributed by atoms with van der Waals surface area (Å²) < 4.78 is 44.9. The van der Waals surface area contributed by atoms with E-state index >= 15 is 0 Å². The molecule has 0 amide bonds. The zero-order valence-corrected chi connectivity index (χ0v) is 21.4. The molecule has 1 aliphatic rings. The van der Waals surface area contributed by atoms with Crippen LogP contribution in [0.2, 0.25) is 0 Å². The summed E-state index contributed by atoms with van der Waals surface area (Å²) in [5, 5.41) is 0.682. The van der Waals surface area contributed by atoms with E-state index in [4.69, 9.17) is 14.2 Å². The van der Waals surface area contributed by atoms with Crippen LogP contribution in [0.25, 0.3) is 10.9 Å². The number of esters is 1. The number of H-pyrrole nitrogens is 1. The predicted molar refractivity (Wildman–Crippen MR) is 139 cm³/mol. The van der Waals surface area contributed by atoms with Crippen molar-refractivity contribution in [3.8, 4) is 11.5 Å². The van der Waals surface area contributed by atoms with Crippen molar-refractivity contribution in [2.75, 3.05) is 19.8 Å². The highest BCUT2D eigenvalue weighted by molar-refractivity contribution is 7.89. The second-order valence-electron chi connectivity index (χ2n) is 8.59. The summed E-state index contributed by atoms with van der Waals surface area (Å²) in [6.45, 7) is 2.52. The molecular formula is C27H25N3O7S. The molecule has 1 aliphatic heterocycles. The van der Waals surface area contributed by atoms with E-state index in [-0.39, 0.29) is 35.7 Å². The molecule has 4 aromatic rings. The monoisotopic (exact) mass is 535 g/mol. The molecule has 0 saturated heterocycles. The van der Waals surface area contributed by atoms with Gasteiger partial charge in [0.15, 0.2) is 11.5 Å². The number of ether oxygens (including phenoxy) is 3. The molecule has 0 unspecified atom stereocenters. The molecule has 10 nitrogen and oxygen atoms in total. The second-order valence-corrected chi connectivity index (χ2v) is 10.5. The minimum absolute atomic E-state index is 0.0194. The van der Waals surface area contributed by atoms with E-state index in [1.807, 2.05) is 0 Å². The van der Waals surface area contributed by atoms with Gasteiger partial charge in [-0.3, -0.25) is 9.78 Å². The molecule has 0 aliphatic carbocycles. The lowest BCUT2D eigenvalue weighted by molar-refractivity contribution is 0.0526. The molecule has 0 atom stereocenters. The third-order valence-corrected chi connectivity index (χ3v) is 7.82. The third kappa shape index (κ3) is 5.24. The van der Waals surface area contributed by atoms with Crippen LogP contribution in [0.5, 0.6) is 11.5 Å². The quantitative estimate of drug-likeness (QED) is 0.341. The number of aromatic nitrogens is 2. The molecule has 2 aromatic heterocycles. The van der Waals surface area contributed by atoms with Gasteiger partial charge in [0, 0.05) is 42.5 Å². The highest BCUT2D eigenvalue weighted by Crippen LogP contribution is 2.34. The molecule has 5 rings (SSSR count). The maximum absolute atomic E-state index is 13.8. The van der Waals surface area contributed by atoms with Crippen molar-refractivity contribution < 1.29 is 27.4 Å². The average molecular weight is 536 g/mol. The van der Waals surface area contributed by atoms with Gasteiger partial charge in [0.05, 0.1) is 22.6 Å². The number of fused-ring (bicyclic) bond motifs is 2. The van der Waals surface area contributed by atoms with E-state index in [1.54, 1.807) is 49.6 Å². The normalized spacial score (nSPS) is 13.0. The standard InChI is InChI=1S/C27H25N3O7S/c1-2-35-27(32)19-5-7-22(8-6-19)38(33,34)30(16-18-4-3-9-28-15-18)17-21-12-20-13-24-25(37-11-10-36-24)14-23(20)29-26(21)31/h3-9,12-15H,2,10-11,16-17H2,1H3,(H,29,31). The molecule has 0 saturated carbocycles. The molecule has 0 radical (unpaired) electrons. The topological polar surface area (TPSA) is 128 Å². The van der Waals surface area contributed by atoms with Crippen LogP contribution in [0.15, 0.2) is 76.7 Å². The Balaban J connectivity index is 1.51. The summed E-state index contributed by atoms with van der Waals surface area (Å²) in [4.78, 5) is 31.9. The van der Waals surface area contributed by atoms with Gasteiger partial charge in [0.1, 0.15) is 13.2 Å². The predicted octanol–water partition coefficient (Wildman–Crippen LogP) is 3.26. The number of carbonyl (C=O) groups excluding carboxylic acids is 1. The van der Waals surface area contributed by atoms with E-state index in [9.17, 15) is 18.0 Å². The Hall–Kier alpha value is -4.22. The number of benzene rings is 2. The molecule has 0 bridgehead atoms. The van der Waals surface area contributed by atoms with Crippen LogP contribution in [0, 0.1) is 0 Å². The number of rotatable bonds is 8. The van der Waals surface area contributed by atoms with Crippen LogP contribution in [-0.4, -0.2) is 48.5 Å². The lowest BCUT2D eigenvalue weighted by atomic mass is 10.1. The molecule has 196 valence electrons. The van der Waals surface area contributed by atoms with Crippen LogP contribution < -0.4 is 15.0 Å². The van der Waals surface area contributed by atoms with Gasteiger partial charge >= 0.3 is 5.97 Å². The largest absolute Gasteiger partial charge is 0.486 e. The first kappa shape index (κ1) is 25.4. The third-order valence-electron chi connectivity index (χ3n) is 6.02. The summed E-state index contributed by atoms with van der Waals surface area (Å²) >= 11 is 0. The summed E-state index contributed by atoms with van der Waals surface area (Å²) in [7, 11) is -4.08. The lowest BCUT2D eigenvalue weighted by Gasteiger charge is -2.23. The van der Waals surface area contributed by atoms with E-state index in [0.717, 1.165) is 0 Å². The fourth-order valence-corrected chi connectivity index (χ4v) is 5.55. The van der Waals surface area contributed by atoms with Crippen molar-refractivity contribution in [1.29, 1.82) is 0 Å². The average Bonchev–Trinajstić information content (AvgIpc) is 2.93. The summed E-state index contributed by atoms with van der Waals surface area (Å²) in [6, 6.07) is 14.1. The first-order valence-corrected chi connectivity index (χ1v) is 13.4. The Morgan fingerprint density at radius 1 is 1.05 bits per heavy atom. The van der Waals surface area contributed by atoms with Crippen LogP contribution >= 0.6 is 0 Å². The maximum atomic E-state index is 13.8. The van der Waals surface area contributed by atoms with Gasteiger partial charge in [0.2, 0.25) is 10.0 Å². The van der Waals surface area contributed by atoms with Gasteiger partial charge in [-0.05, 0) is 55.0 Å². The van der Waals surface area contributed by atoms with Gasteiger partial charge < -0.3 is 19.2 Å². The van der Waals surface area contributed by atoms with Gasteiger partial charge in [-0.2, -0.15) is 4.31 Å². The minimum atomic E-state index is -4.08. The summed E-state index contributed by atoms with van der Waals surface area (Å²) in [5.41, 5.74) is 1.28. The number of nitrogens with one attached hydrogen (secondary N) is 1. The van der Waals surface area contributed by atoms with Crippen LogP contribution in [-0.2, 0) is 27.8 Å². The summed E-state index contributed by atoms with van der Waals surface area (Å²) in [5.74, 6) is 0.561. The SMILES string of the molecule is CCOC(=O)c1ccc(S(=O)(=O)N(Cc2cccnc2)Cc2cc3cc4c(cc3[nH]c2=O)OCCO4)cc1. The highest BCUT2D eigenvalue weighted by Gasteiger charge is 2.27. The van der Waals surface area contributed by atoms with Crippen molar-refractivity contribution in [3.63, 3.8) is 0 Å².